The predicted molar refractivity (Wildman–Crippen MR) is 111 cm³/mol. The summed E-state index contributed by atoms with van der Waals surface area (Å²) in [7, 11) is -4.01. The first-order valence-corrected chi connectivity index (χ1v) is 11.3. The molecule has 0 aliphatic carbocycles. The van der Waals surface area contributed by atoms with E-state index in [0.29, 0.717) is 19.2 Å². The normalized spacial score (nSPS) is 16.9. The summed E-state index contributed by atoms with van der Waals surface area (Å²) in [5.74, 6) is -2.19. The molecule has 0 amide bonds. The molecule has 1 heterocycles. The van der Waals surface area contributed by atoms with Crippen molar-refractivity contribution in [2.24, 2.45) is 0 Å². The number of nitrogens with zero attached hydrogens (tertiary/aromatic N) is 2. The summed E-state index contributed by atoms with van der Waals surface area (Å²) < 4.78 is 67.5. The van der Waals surface area contributed by atoms with Gasteiger partial charge in [-0.2, -0.15) is 4.31 Å². The Hall–Kier alpha value is -2.68. The van der Waals surface area contributed by atoms with Gasteiger partial charge in [0.1, 0.15) is 17.5 Å². The molecule has 4 nitrogen and oxygen atoms in total. The molecule has 0 saturated carbocycles. The van der Waals surface area contributed by atoms with Crippen LogP contribution in [0.15, 0.2) is 77.7 Å². The van der Waals surface area contributed by atoms with Crippen molar-refractivity contribution >= 4 is 10.0 Å². The molecular formula is C23H21F3N2O2S. The van der Waals surface area contributed by atoms with Gasteiger partial charge < -0.3 is 0 Å². The van der Waals surface area contributed by atoms with Crippen LogP contribution in [0.5, 0.6) is 0 Å². The summed E-state index contributed by atoms with van der Waals surface area (Å²) >= 11 is 0. The third kappa shape index (κ3) is 4.66. The van der Waals surface area contributed by atoms with Crippen LogP contribution in [-0.2, 0) is 10.0 Å². The molecule has 0 bridgehead atoms. The molecule has 0 spiro atoms. The second-order valence-electron chi connectivity index (χ2n) is 7.41. The van der Waals surface area contributed by atoms with Crippen LogP contribution >= 0.6 is 0 Å². The lowest BCUT2D eigenvalue weighted by atomic mass is 9.96. The molecule has 4 rings (SSSR count). The summed E-state index contributed by atoms with van der Waals surface area (Å²) in [6.07, 6.45) is 0. The maximum absolute atomic E-state index is 13.5. The van der Waals surface area contributed by atoms with Gasteiger partial charge in [-0.25, -0.2) is 21.6 Å². The smallest absolute Gasteiger partial charge is 0.243 e. The van der Waals surface area contributed by atoms with Crippen molar-refractivity contribution in [1.29, 1.82) is 0 Å². The van der Waals surface area contributed by atoms with Gasteiger partial charge in [-0.1, -0.05) is 42.5 Å². The molecule has 1 aliphatic rings. The molecule has 31 heavy (non-hydrogen) atoms. The quantitative estimate of drug-likeness (QED) is 0.590. The standard InChI is InChI=1S/C23H21F3N2O2S/c24-19-8-6-18(7-9-19)23(17-4-2-1-3-5-17)27-10-12-28(13-11-27)31(29,30)22-15-20(25)14-21(26)16-22/h1-9,14-16,23H,10-13H2. The SMILES string of the molecule is O=S(=O)(c1cc(F)cc(F)c1)N1CCN(C(c2ccccc2)c2ccc(F)cc2)CC1. The first-order valence-electron chi connectivity index (χ1n) is 9.85. The monoisotopic (exact) mass is 446 g/mol. The first-order chi connectivity index (χ1) is 14.8. The Bertz CT molecular complexity index is 1130. The molecule has 0 aromatic heterocycles. The number of rotatable bonds is 5. The minimum atomic E-state index is -4.01. The number of hydrogen-bond acceptors (Lipinski definition) is 3. The van der Waals surface area contributed by atoms with Crippen molar-refractivity contribution in [3.63, 3.8) is 0 Å². The molecule has 162 valence electrons. The molecule has 1 saturated heterocycles. The van der Waals surface area contributed by atoms with E-state index in [1.54, 1.807) is 12.1 Å². The fraction of sp³-hybridized carbons (Fsp3) is 0.217. The van der Waals surface area contributed by atoms with Crippen LogP contribution in [0.25, 0.3) is 0 Å². The van der Waals surface area contributed by atoms with Crippen LogP contribution < -0.4 is 0 Å². The van der Waals surface area contributed by atoms with Gasteiger partial charge in [0, 0.05) is 32.2 Å². The van der Waals surface area contributed by atoms with Gasteiger partial charge in [0.05, 0.1) is 10.9 Å². The Morgan fingerprint density at radius 1 is 0.677 bits per heavy atom. The van der Waals surface area contributed by atoms with E-state index in [0.717, 1.165) is 23.3 Å². The number of piperazine rings is 1. The second-order valence-corrected chi connectivity index (χ2v) is 9.35. The number of hydrogen-bond donors (Lipinski definition) is 0. The first kappa shape index (κ1) is 21.5. The zero-order chi connectivity index (χ0) is 22.0. The fourth-order valence-corrected chi connectivity index (χ4v) is 5.39. The molecule has 3 aromatic rings. The summed E-state index contributed by atoms with van der Waals surface area (Å²) in [5.41, 5.74) is 1.91. The van der Waals surface area contributed by atoms with Gasteiger partial charge in [0.15, 0.2) is 0 Å². The molecule has 3 aromatic carbocycles. The van der Waals surface area contributed by atoms with E-state index in [2.05, 4.69) is 4.90 Å². The average Bonchev–Trinajstić information content (AvgIpc) is 2.76. The summed E-state index contributed by atoms with van der Waals surface area (Å²) in [6, 6.07) is 18.1. The molecule has 1 fully saturated rings. The van der Waals surface area contributed by atoms with Gasteiger partial charge in [-0.05, 0) is 35.4 Å². The maximum atomic E-state index is 13.5. The number of sulfonamides is 1. The van der Waals surface area contributed by atoms with Crippen molar-refractivity contribution in [2.45, 2.75) is 10.9 Å². The molecule has 0 N–H and O–H groups in total. The summed E-state index contributed by atoms with van der Waals surface area (Å²) in [5, 5.41) is 0. The van der Waals surface area contributed by atoms with Crippen LogP contribution in [0.4, 0.5) is 13.2 Å². The Morgan fingerprint density at radius 2 is 1.23 bits per heavy atom. The topological polar surface area (TPSA) is 40.6 Å². The Kier molecular flexibility index (Phi) is 6.13. The average molecular weight is 446 g/mol. The largest absolute Gasteiger partial charge is 0.290 e. The van der Waals surface area contributed by atoms with Crippen molar-refractivity contribution in [3.05, 3.63) is 101 Å². The highest BCUT2D eigenvalue weighted by Crippen LogP contribution is 2.31. The van der Waals surface area contributed by atoms with E-state index in [1.807, 2.05) is 30.3 Å². The van der Waals surface area contributed by atoms with Gasteiger partial charge in [0.25, 0.3) is 0 Å². The lowest BCUT2D eigenvalue weighted by Gasteiger charge is -2.39. The van der Waals surface area contributed by atoms with E-state index < -0.39 is 26.6 Å². The predicted octanol–water partition coefficient (Wildman–Crippen LogP) is 4.20. The minimum Gasteiger partial charge on any atom is -0.290 e. The van der Waals surface area contributed by atoms with E-state index in [4.69, 9.17) is 0 Å². The van der Waals surface area contributed by atoms with Crippen molar-refractivity contribution in [1.82, 2.24) is 9.21 Å². The summed E-state index contributed by atoms with van der Waals surface area (Å²) in [6.45, 7) is 1.16. The lowest BCUT2D eigenvalue weighted by molar-refractivity contribution is 0.155. The molecule has 8 heteroatoms. The van der Waals surface area contributed by atoms with Crippen LogP contribution in [0, 0.1) is 17.5 Å². The zero-order valence-electron chi connectivity index (χ0n) is 16.6. The van der Waals surface area contributed by atoms with Gasteiger partial charge >= 0.3 is 0 Å². The van der Waals surface area contributed by atoms with Crippen molar-refractivity contribution < 1.29 is 21.6 Å². The van der Waals surface area contributed by atoms with Crippen LogP contribution in [0.1, 0.15) is 17.2 Å². The molecule has 1 unspecified atom stereocenters. The molecule has 0 radical (unpaired) electrons. The Morgan fingerprint density at radius 3 is 1.81 bits per heavy atom. The highest BCUT2D eigenvalue weighted by atomic mass is 32.2. The van der Waals surface area contributed by atoms with E-state index >= 15 is 0 Å². The third-order valence-electron chi connectivity index (χ3n) is 5.41. The number of benzene rings is 3. The highest BCUT2D eigenvalue weighted by Gasteiger charge is 2.32. The van der Waals surface area contributed by atoms with Gasteiger partial charge in [-0.15, -0.1) is 0 Å². The molecular weight excluding hydrogens is 425 g/mol. The van der Waals surface area contributed by atoms with Crippen molar-refractivity contribution in [3.8, 4) is 0 Å². The second kappa shape index (κ2) is 8.82. The van der Waals surface area contributed by atoms with Crippen LogP contribution in [-0.4, -0.2) is 43.8 Å². The molecule has 1 aliphatic heterocycles. The number of halogens is 3. The van der Waals surface area contributed by atoms with Crippen LogP contribution in [0.2, 0.25) is 0 Å². The minimum absolute atomic E-state index is 0.168. The molecule has 1 atom stereocenters. The Balaban J connectivity index is 1.57. The van der Waals surface area contributed by atoms with Crippen LogP contribution in [0.3, 0.4) is 0 Å². The third-order valence-corrected chi connectivity index (χ3v) is 7.29. The van der Waals surface area contributed by atoms with Gasteiger partial charge in [-0.3, -0.25) is 4.90 Å². The maximum Gasteiger partial charge on any atom is 0.243 e. The van der Waals surface area contributed by atoms with Crippen molar-refractivity contribution in [2.75, 3.05) is 26.2 Å². The summed E-state index contributed by atoms with van der Waals surface area (Å²) in [4.78, 5) is 1.73. The highest BCUT2D eigenvalue weighted by molar-refractivity contribution is 7.89. The van der Waals surface area contributed by atoms with Gasteiger partial charge in [0.2, 0.25) is 10.0 Å². The van der Waals surface area contributed by atoms with E-state index in [9.17, 15) is 21.6 Å². The fourth-order valence-electron chi connectivity index (χ4n) is 3.92. The lowest BCUT2D eigenvalue weighted by Crippen LogP contribution is -2.49. The van der Waals surface area contributed by atoms with E-state index in [1.165, 1.54) is 16.4 Å². The Labute approximate surface area is 179 Å². The van der Waals surface area contributed by atoms with E-state index in [-0.39, 0.29) is 24.9 Å². The zero-order valence-corrected chi connectivity index (χ0v) is 17.4.